The van der Waals surface area contributed by atoms with Crippen molar-refractivity contribution in [3.05, 3.63) is 36.0 Å². The maximum absolute atomic E-state index is 15.2. The third kappa shape index (κ3) is 34.9. The van der Waals surface area contributed by atoms with Crippen LogP contribution in [0.25, 0.3) is 10.9 Å². The summed E-state index contributed by atoms with van der Waals surface area (Å²) in [6.45, 7) is 21.4. The smallest absolute Gasteiger partial charge is 0.249 e. The van der Waals surface area contributed by atoms with Crippen LogP contribution in [0.3, 0.4) is 0 Å². The molecular formula is C76H131N27O14. The van der Waals surface area contributed by atoms with Gasteiger partial charge in [-0.15, -0.1) is 0 Å². The number of aromatic nitrogens is 1. The van der Waals surface area contributed by atoms with Crippen molar-refractivity contribution in [3.63, 3.8) is 0 Å². The highest BCUT2D eigenvalue weighted by molar-refractivity contribution is 6.02. The van der Waals surface area contributed by atoms with Crippen LogP contribution in [0.2, 0.25) is 0 Å². The Labute approximate surface area is 683 Å². The Morgan fingerprint density at radius 3 is 1.17 bits per heavy atom. The number of benzene rings is 1. The van der Waals surface area contributed by atoms with Gasteiger partial charge in [-0.25, -0.2) is 0 Å². The molecule has 2 aromatic rings. The first-order valence-corrected chi connectivity index (χ1v) is 40.0. The first-order chi connectivity index (χ1) is 55.0. The molecule has 0 saturated carbocycles. The fourth-order valence-electron chi connectivity index (χ4n) is 12.7. The summed E-state index contributed by atoms with van der Waals surface area (Å²) in [4.78, 5) is 223. The number of amides is 14. The van der Waals surface area contributed by atoms with Gasteiger partial charge in [-0.1, -0.05) is 114 Å². The van der Waals surface area contributed by atoms with Gasteiger partial charge in [0.05, 0.1) is 12.1 Å². The van der Waals surface area contributed by atoms with Crippen molar-refractivity contribution in [1.29, 1.82) is 0 Å². The fourth-order valence-corrected chi connectivity index (χ4v) is 12.7. The number of aliphatic imine (C=N–C) groups is 4. The number of hydrogen-bond donors (Lipinski definition) is 23. The summed E-state index contributed by atoms with van der Waals surface area (Å²) in [5, 5.41) is 35.8. The highest BCUT2D eigenvalue weighted by atomic mass is 16.2. The van der Waals surface area contributed by atoms with E-state index < -0.39 is 204 Å². The number of fused-ring (bicyclic) bond motifs is 1. The maximum Gasteiger partial charge on any atom is 0.249 e. The summed E-state index contributed by atoms with van der Waals surface area (Å²) in [6, 6.07) is -11.4. The lowest BCUT2D eigenvalue weighted by molar-refractivity contribution is -0.137. The molecule has 1 aromatic carbocycles. The Hall–Kier alpha value is -11.4. The molecule has 14 amide bonds. The lowest BCUT2D eigenvalue weighted by Crippen LogP contribution is -2.62. The number of carbonyl (C=O) groups excluding carboxylic acids is 14. The highest BCUT2D eigenvalue weighted by Gasteiger charge is 2.40. The van der Waals surface area contributed by atoms with Crippen LogP contribution >= 0.6 is 0 Å². The van der Waals surface area contributed by atoms with Gasteiger partial charge in [0, 0.05) is 56.1 Å². The first kappa shape index (κ1) is 99.8. The molecule has 3 rings (SSSR count). The zero-order valence-corrected chi connectivity index (χ0v) is 69.8. The van der Waals surface area contributed by atoms with Crippen molar-refractivity contribution < 1.29 is 67.1 Å². The molecule has 32 N–H and O–H groups in total. The maximum atomic E-state index is 15.2. The number of nitrogens with two attached hydrogens (primary N) is 9. The first-order valence-electron chi connectivity index (χ1n) is 40.0. The number of rotatable bonds is 28. The molecule has 0 radical (unpaired) electrons. The van der Waals surface area contributed by atoms with Crippen molar-refractivity contribution in [3.8, 4) is 0 Å². The highest BCUT2D eigenvalue weighted by Crippen LogP contribution is 2.22. The van der Waals surface area contributed by atoms with Gasteiger partial charge in [0.15, 0.2) is 23.8 Å². The van der Waals surface area contributed by atoms with E-state index >= 15 is 9.59 Å². The fraction of sp³-hybridized carbons (Fsp3) is 0.658. The number of carbonyl (C=O) groups is 14. The van der Waals surface area contributed by atoms with Crippen molar-refractivity contribution >= 4 is 117 Å². The second-order valence-electron chi connectivity index (χ2n) is 31.1. The largest absolute Gasteiger partial charge is 0.370 e. The quantitative estimate of drug-likeness (QED) is 0.0166. The molecule has 41 nitrogen and oxygen atoms in total. The number of H-pyrrole nitrogens is 1. The van der Waals surface area contributed by atoms with Gasteiger partial charge in [0.1, 0.15) is 66.5 Å². The SMILES string of the molecule is CC[C@H](C)[C@@H]1NC(=O)[C@H](CCCN=C(N)N)NC(=O)[C@H](C(C)C)NC(=O)[C@H](C)NC(=O)[C@H](C(C)C)NC(=O)[C@H]([C@@H](C)CC)NC(=O)[C@H](CC(C)C)NC(=O)[C@H](CCCN=C(N)N)NC(=O)[C@H](C(C)C)N[C@H](C(N)=O)CCC(=O)NC(=O)[C@H](CCCN=C(N)N)NC(=O)[C@H](CCCN=C(N)N)NC(=O)[C@H](Cc2c[nH]c3ccccc23)NC1=O. The third-order valence-corrected chi connectivity index (χ3v) is 19.8. The van der Waals surface area contributed by atoms with E-state index in [-0.39, 0.29) is 127 Å². The Morgan fingerprint density at radius 2 is 0.752 bits per heavy atom. The minimum absolute atomic E-state index is 0.00288. The van der Waals surface area contributed by atoms with Crippen LogP contribution in [0.15, 0.2) is 50.4 Å². The molecule has 1 aromatic heterocycles. The van der Waals surface area contributed by atoms with E-state index in [1.54, 1.807) is 114 Å². The van der Waals surface area contributed by atoms with Crippen molar-refractivity contribution in [2.24, 2.45) is 107 Å². The molecule has 0 unspecified atom stereocenters. The van der Waals surface area contributed by atoms with Crippen molar-refractivity contribution in [1.82, 2.24) is 74.1 Å². The summed E-state index contributed by atoms with van der Waals surface area (Å²) < 4.78 is 0. The van der Waals surface area contributed by atoms with Gasteiger partial charge in [0.25, 0.3) is 0 Å². The Bertz CT molecular complexity index is 3810. The lowest BCUT2D eigenvalue weighted by Gasteiger charge is -2.31. The van der Waals surface area contributed by atoms with E-state index in [2.05, 4.69) is 94.1 Å². The standard InChI is InChI=1S/C76H131N27O14/c1-14-41(11)58-71(116)98-53(35-44-36-90-46-23-17-16-22-45(44)46)66(111)94-48(24-18-30-86-73(78)79)62(107)93-50(26-20-32-88-75(82)83)64(109)99-54(104)29-28-47(60(77)105)92-55(38(5)6)69(114)95-49(25-19-31-87-74(80)81)63(108)97-52(34-37(3)4)67(112)103-59(42(12)15-2)72(117)101-56(39(7)8)68(113)91-43(13)61(106)100-57(40(9)10)70(115)96-51(65(110)102-58)27-21-33-89-76(84)85/h16-17,22-23,36-43,47-53,55-59,90,92H,14-15,18-21,24-35H2,1-13H3,(H2,77,105)(H,91,113)(H,93,107)(H,94,111)(H,95,114)(H,96,115)(H,97,108)(H,98,116)(H,100,106)(H,101,117)(H,102,110)(H,103,112)(H4,78,79,86)(H4,80,81,87)(H4,82,83,88)(H4,84,85,89)(H,99,104,109)/t41-,42-,43-,47-,48-,49-,50-,51-,52-,53-,55-,56-,57-,58-,59-/m0/s1. The number of nitrogens with zero attached hydrogens (tertiary/aromatic N) is 4. The monoisotopic (exact) mass is 1650 g/mol. The number of hydrogen-bond acceptors (Lipinski definition) is 19. The molecule has 1 fully saturated rings. The van der Waals surface area contributed by atoms with E-state index in [0.29, 0.717) is 22.9 Å². The molecule has 41 heteroatoms. The molecule has 117 heavy (non-hydrogen) atoms. The minimum Gasteiger partial charge on any atom is -0.370 e. The van der Waals surface area contributed by atoms with Gasteiger partial charge in [-0.2, -0.15) is 0 Å². The molecule has 0 bridgehead atoms. The average molecular weight is 1650 g/mol. The summed E-state index contributed by atoms with van der Waals surface area (Å²) >= 11 is 0. The minimum atomic E-state index is -1.57. The van der Waals surface area contributed by atoms with Crippen LogP contribution in [-0.4, -0.2) is 216 Å². The van der Waals surface area contributed by atoms with E-state index in [4.69, 9.17) is 51.6 Å². The summed E-state index contributed by atoms with van der Waals surface area (Å²) in [6.07, 6.45) is 0.535. The lowest BCUT2D eigenvalue weighted by atomic mass is 9.95. The number of nitrogens with one attached hydrogen (secondary N) is 14. The molecule has 1 aliphatic rings. The Morgan fingerprint density at radius 1 is 0.410 bits per heavy atom. The number of para-hydroxylation sites is 1. The van der Waals surface area contributed by atoms with Gasteiger partial charge < -0.3 is 115 Å². The van der Waals surface area contributed by atoms with E-state index in [0.717, 1.165) is 0 Å². The molecule has 2 heterocycles. The van der Waals surface area contributed by atoms with Crippen molar-refractivity contribution in [2.75, 3.05) is 26.2 Å². The number of primary amides is 1. The topological polar surface area (TPSA) is 695 Å². The Kier molecular flexibility index (Phi) is 42.8. The van der Waals surface area contributed by atoms with Crippen LogP contribution in [-0.2, 0) is 73.5 Å². The predicted octanol–water partition coefficient (Wildman–Crippen LogP) is -4.37. The molecule has 0 spiro atoms. The summed E-state index contributed by atoms with van der Waals surface area (Å²) in [5.74, 6) is -17.2. The molecular weight excluding hydrogens is 1520 g/mol. The van der Waals surface area contributed by atoms with Gasteiger partial charge in [-0.05, 0) is 118 Å². The average Bonchev–Trinajstić information content (AvgIpc) is 1.74. The normalized spacial score (nSPS) is 24.4. The second kappa shape index (κ2) is 50.1. The van der Waals surface area contributed by atoms with E-state index in [9.17, 15) is 57.5 Å². The van der Waals surface area contributed by atoms with Crippen LogP contribution in [0.4, 0.5) is 0 Å². The van der Waals surface area contributed by atoms with Crippen LogP contribution < -0.4 is 121 Å². The van der Waals surface area contributed by atoms with Gasteiger partial charge in [-0.3, -0.25) is 97.7 Å². The van der Waals surface area contributed by atoms with Gasteiger partial charge >= 0.3 is 0 Å². The molecule has 15 atom stereocenters. The summed E-state index contributed by atoms with van der Waals surface area (Å²) in [7, 11) is 0. The predicted molar refractivity (Wildman–Crippen MR) is 444 cm³/mol. The summed E-state index contributed by atoms with van der Waals surface area (Å²) in [5.41, 5.74) is 52.2. The molecule has 0 aliphatic carbocycles. The number of guanidine groups is 4. The van der Waals surface area contributed by atoms with E-state index in [1.807, 2.05) is 0 Å². The van der Waals surface area contributed by atoms with Crippen molar-refractivity contribution in [2.45, 2.75) is 258 Å². The third-order valence-electron chi connectivity index (χ3n) is 19.8. The number of imide groups is 1. The van der Waals surface area contributed by atoms with Crippen LogP contribution in [0.5, 0.6) is 0 Å². The second-order valence-corrected chi connectivity index (χ2v) is 31.1. The molecule has 654 valence electrons. The zero-order chi connectivity index (χ0) is 88.1. The number of aromatic amines is 1. The Balaban J connectivity index is 2.36. The van der Waals surface area contributed by atoms with E-state index in [1.165, 1.54) is 6.92 Å². The van der Waals surface area contributed by atoms with Crippen LogP contribution in [0.1, 0.15) is 179 Å². The molecule has 1 saturated heterocycles. The van der Waals surface area contributed by atoms with Crippen LogP contribution in [0, 0.1) is 35.5 Å². The zero-order valence-electron chi connectivity index (χ0n) is 69.8. The molecule has 1 aliphatic heterocycles. The van der Waals surface area contributed by atoms with Gasteiger partial charge in [0.2, 0.25) is 82.7 Å².